The molecule has 0 unspecified atom stereocenters. The minimum absolute atomic E-state index is 0. The number of hydrogen-bond donors (Lipinski definition) is 2. The smallest absolute Gasteiger partial charge is 0.00490 e. The molecule has 0 rings (SSSR count). The van der Waals surface area contributed by atoms with Crippen molar-refractivity contribution < 1.29 is 0 Å². The third kappa shape index (κ3) is 18.3. The number of unbranched alkanes of at least 4 members (excludes halogenated alkanes) is 3. The molecule has 0 fully saturated rings. The molecular weight excluding hydrogens is 219 g/mol. The van der Waals surface area contributed by atoms with Gasteiger partial charge in [0.1, 0.15) is 0 Å². The van der Waals surface area contributed by atoms with Crippen LogP contribution < -0.4 is 10.6 Å². The zero-order valence-electron chi connectivity index (χ0n) is 9.47. The molecule has 0 bridgehead atoms. The first-order valence-corrected chi connectivity index (χ1v) is 5.33. The van der Waals surface area contributed by atoms with Crippen LogP contribution in [0.15, 0.2) is 0 Å². The molecule has 0 saturated heterocycles. The van der Waals surface area contributed by atoms with Gasteiger partial charge in [-0.3, -0.25) is 0 Å². The van der Waals surface area contributed by atoms with E-state index in [4.69, 9.17) is 0 Å². The molecule has 2 N–H and O–H groups in total. The fraction of sp³-hybridized carbons (Fsp3) is 1.00. The SMILES string of the molecule is CCNCCCCCCNCC.Cl.Cl. The van der Waals surface area contributed by atoms with Crippen LogP contribution >= 0.6 is 24.8 Å². The lowest BCUT2D eigenvalue weighted by molar-refractivity contribution is 0.575. The Labute approximate surface area is 101 Å². The summed E-state index contributed by atoms with van der Waals surface area (Å²) in [6.07, 6.45) is 5.41. The summed E-state index contributed by atoms with van der Waals surface area (Å²) in [4.78, 5) is 0. The zero-order chi connectivity index (χ0) is 9.07. The van der Waals surface area contributed by atoms with Gasteiger partial charge in [0.25, 0.3) is 0 Å². The van der Waals surface area contributed by atoms with E-state index >= 15 is 0 Å². The van der Waals surface area contributed by atoms with Crippen LogP contribution in [-0.4, -0.2) is 26.2 Å². The highest BCUT2D eigenvalue weighted by Gasteiger charge is 1.88. The number of halogens is 2. The van der Waals surface area contributed by atoms with Crippen molar-refractivity contribution in [3.05, 3.63) is 0 Å². The maximum Gasteiger partial charge on any atom is -0.00490 e. The van der Waals surface area contributed by atoms with Gasteiger partial charge in [0.2, 0.25) is 0 Å². The fourth-order valence-corrected chi connectivity index (χ4v) is 1.21. The van der Waals surface area contributed by atoms with Crippen molar-refractivity contribution in [2.24, 2.45) is 0 Å². The van der Waals surface area contributed by atoms with Crippen molar-refractivity contribution >= 4 is 24.8 Å². The second kappa shape index (κ2) is 19.1. The standard InChI is InChI=1S/C10H24N2.2ClH/c1-3-11-9-7-5-6-8-10-12-4-2;;/h11-12H,3-10H2,1-2H3;2*1H. The highest BCUT2D eigenvalue weighted by Crippen LogP contribution is 1.97. The zero-order valence-corrected chi connectivity index (χ0v) is 11.1. The molecular formula is C10H26Cl2N2. The molecule has 0 aliphatic carbocycles. The lowest BCUT2D eigenvalue weighted by Gasteiger charge is -2.02. The van der Waals surface area contributed by atoms with Crippen LogP contribution in [0.5, 0.6) is 0 Å². The van der Waals surface area contributed by atoms with E-state index in [-0.39, 0.29) is 24.8 Å². The summed E-state index contributed by atoms with van der Waals surface area (Å²) in [5.41, 5.74) is 0. The first-order valence-electron chi connectivity index (χ1n) is 5.33. The maximum absolute atomic E-state index is 3.33. The Balaban J connectivity index is -0.000000605. The van der Waals surface area contributed by atoms with Gasteiger partial charge in [0, 0.05) is 0 Å². The Morgan fingerprint density at radius 1 is 0.643 bits per heavy atom. The maximum atomic E-state index is 3.33. The second-order valence-electron chi connectivity index (χ2n) is 3.12. The van der Waals surface area contributed by atoms with Crippen LogP contribution in [-0.2, 0) is 0 Å². The highest BCUT2D eigenvalue weighted by molar-refractivity contribution is 5.85. The minimum Gasteiger partial charge on any atom is -0.317 e. The Morgan fingerprint density at radius 2 is 1.00 bits per heavy atom. The molecule has 0 radical (unpaired) electrons. The summed E-state index contributed by atoms with van der Waals surface area (Å²) in [5.74, 6) is 0. The predicted molar refractivity (Wildman–Crippen MR) is 70.1 cm³/mol. The second-order valence-corrected chi connectivity index (χ2v) is 3.12. The Morgan fingerprint density at radius 3 is 1.29 bits per heavy atom. The monoisotopic (exact) mass is 244 g/mol. The third-order valence-corrected chi connectivity index (χ3v) is 1.96. The van der Waals surface area contributed by atoms with Crippen molar-refractivity contribution in [1.82, 2.24) is 10.6 Å². The van der Waals surface area contributed by atoms with Gasteiger partial charge in [-0.15, -0.1) is 24.8 Å². The van der Waals surface area contributed by atoms with Crippen molar-refractivity contribution in [1.29, 1.82) is 0 Å². The van der Waals surface area contributed by atoms with Gasteiger partial charge in [0.15, 0.2) is 0 Å². The van der Waals surface area contributed by atoms with Gasteiger partial charge in [-0.1, -0.05) is 26.7 Å². The van der Waals surface area contributed by atoms with Gasteiger partial charge >= 0.3 is 0 Å². The molecule has 0 aromatic rings. The van der Waals surface area contributed by atoms with E-state index in [9.17, 15) is 0 Å². The van der Waals surface area contributed by atoms with Gasteiger partial charge in [-0.2, -0.15) is 0 Å². The minimum atomic E-state index is 0. The molecule has 0 aromatic heterocycles. The van der Waals surface area contributed by atoms with E-state index in [2.05, 4.69) is 24.5 Å². The molecule has 0 aromatic carbocycles. The number of nitrogens with one attached hydrogen (secondary N) is 2. The van der Waals surface area contributed by atoms with Crippen molar-refractivity contribution in [3.8, 4) is 0 Å². The first-order chi connectivity index (χ1) is 5.91. The van der Waals surface area contributed by atoms with Gasteiger partial charge in [0.05, 0.1) is 0 Å². The van der Waals surface area contributed by atoms with E-state index in [1.807, 2.05) is 0 Å². The van der Waals surface area contributed by atoms with Crippen LogP contribution in [0, 0.1) is 0 Å². The fourth-order valence-electron chi connectivity index (χ4n) is 1.21. The predicted octanol–water partition coefficient (Wildman–Crippen LogP) is 2.61. The molecule has 4 heteroatoms. The molecule has 90 valence electrons. The lowest BCUT2D eigenvalue weighted by atomic mass is 10.2. The first kappa shape index (κ1) is 20.0. The van der Waals surface area contributed by atoms with Crippen LogP contribution in [0.1, 0.15) is 39.5 Å². The van der Waals surface area contributed by atoms with Crippen molar-refractivity contribution in [2.45, 2.75) is 39.5 Å². The summed E-state index contributed by atoms with van der Waals surface area (Å²) in [6.45, 7) is 8.92. The van der Waals surface area contributed by atoms with E-state index in [1.165, 1.54) is 38.8 Å². The van der Waals surface area contributed by atoms with Crippen LogP contribution in [0.3, 0.4) is 0 Å². The van der Waals surface area contributed by atoms with Gasteiger partial charge < -0.3 is 10.6 Å². The van der Waals surface area contributed by atoms with Crippen LogP contribution in [0.4, 0.5) is 0 Å². The largest absolute Gasteiger partial charge is 0.317 e. The molecule has 0 spiro atoms. The Kier molecular flexibility index (Phi) is 27.3. The summed E-state index contributed by atoms with van der Waals surface area (Å²) in [6, 6.07) is 0. The molecule has 0 atom stereocenters. The molecule has 2 nitrogen and oxygen atoms in total. The Bertz CT molecular complexity index is 72.5. The molecule has 14 heavy (non-hydrogen) atoms. The Hall–Kier alpha value is 0.500. The lowest BCUT2D eigenvalue weighted by Crippen LogP contribution is -2.15. The number of rotatable bonds is 9. The van der Waals surface area contributed by atoms with Crippen molar-refractivity contribution in [3.63, 3.8) is 0 Å². The highest BCUT2D eigenvalue weighted by atomic mass is 35.5. The summed E-state index contributed by atoms with van der Waals surface area (Å²) < 4.78 is 0. The van der Waals surface area contributed by atoms with Gasteiger partial charge in [-0.25, -0.2) is 0 Å². The van der Waals surface area contributed by atoms with E-state index in [0.717, 1.165) is 13.1 Å². The average molecular weight is 245 g/mol. The van der Waals surface area contributed by atoms with E-state index < -0.39 is 0 Å². The summed E-state index contributed by atoms with van der Waals surface area (Å²) in [7, 11) is 0. The summed E-state index contributed by atoms with van der Waals surface area (Å²) >= 11 is 0. The summed E-state index contributed by atoms with van der Waals surface area (Å²) in [5, 5.41) is 6.67. The topological polar surface area (TPSA) is 24.1 Å². The molecule has 0 aliphatic rings. The van der Waals surface area contributed by atoms with Crippen LogP contribution in [0.2, 0.25) is 0 Å². The molecule has 0 saturated carbocycles. The van der Waals surface area contributed by atoms with Gasteiger partial charge in [-0.05, 0) is 39.0 Å². The number of hydrogen-bond acceptors (Lipinski definition) is 2. The quantitative estimate of drug-likeness (QED) is 0.610. The van der Waals surface area contributed by atoms with E-state index in [1.54, 1.807) is 0 Å². The molecule has 0 amide bonds. The van der Waals surface area contributed by atoms with E-state index in [0.29, 0.717) is 0 Å². The van der Waals surface area contributed by atoms with Crippen LogP contribution in [0.25, 0.3) is 0 Å². The average Bonchev–Trinajstić information content (AvgIpc) is 2.10. The van der Waals surface area contributed by atoms with Crippen molar-refractivity contribution in [2.75, 3.05) is 26.2 Å². The molecule has 0 heterocycles. The normalized spacial score (nSPS) is 9.00. The molecule has 0 aliphatic heterocycles. The third-order valence-electron chi connectivity index (χ3n) is 1.96.